The SMILES string of the molecule is CNC(=O)C1=CC1. The fraction of sp³-hybridized carbons (Fsp3) is 0.400. The highest BCUT2D eigenvalue weighted by atomic mass is 16.1. The standard InChI is InChI=1S/C5H7NO/c1-6-5(7)4-2-3-4/h2H,3H2,1H3,(H,6,7). The molecular weight excluding hydrogens is 90.1 g/mol. The molecular formula is C5H7NO. The molecule has 0 saturated carbocycles. The number of likely N-dealkylation sites (N-methyl/N-ethyl adjacent to an activating group) is 1. The summed E-state index contributed by atoms with van der Waals surface area (Å²) in [7, 11) is 1.64. The number of hydrogen-bond donors (Lipinski definition) is 1. The lowest BCUT2D eigenvalue weighted by atomic mass is 10.5. The summed E-state index contributed by atoms with van der Waals surface area (Å²) in [5.74, 6) is 0.0694. The molecule has 2 heteroatoms. The summed E-state index contributed by atoms with van der Waals surface area (Å²) in [6.45, 7) is 0. The Labute approximate surface area is 42.2 Å². The van der Waals surface area contributed by atoms with Gasteiger partial charge in [-0.2, -0.15) is 0 Å². The summed E-state index contributed by atoms with van der Waals surface area (Å²) in [5.41, 5.74) is 0.919. The van der Waals surface area contributed by atoms with Crippen molar-refractivity contribution in [2.24, 2.45) is 0 Å². The zero-order valence-electron chi connectivity index (χ0n) is 4.19. The molecule has 38 valence electrons. The van der Waals surface area contributed by atoms with E-state index in [-0.39, 0.29) is 5.91 Å². The molecule has 0 fully saturated rings. The average Bonchev–Trinajstić information content (AvgIpc) is 2.44. The fourth-order valence-corrected chi connectivity index (χ4v) is 0.397. The number of carbonyl (C=O) groups is 1. The van der Waals surface area contributed by atoms with Gasteiger partial charge < -0.3 is 5.32 Å². The summed E-state index contributed by atoms with van der Waals surface area (Å²) in [4.78, 5) is 10.4. The number of amides is 1. The lowest BCUT2D eigenvalue weighted by molar-refractivity contribution is -0.116. The fourth-order valence-electron chi connectivity index (χ4n) is 0.397. The van der Waals surface area contributed by atoms with Gasteiger partial charge in [0.1, 0.15) is 0 Å². The minimum Gasteiger partial charge on any atom is -0.355 e. The number of carbonyl (C=O) groups excluding carboxylic acids is 1. The van der Waals surface area contributed by atoms with E-state index in [1.54, 1.807) is 7.05 Å². The lowest BCUT2D eigenvalue weighted by Gasteiger charge is -1.86. The molecule has 0 aliphatic heterocycles. The van der Waals surface area contributed by atoms with E-state index < -0.39 is 0 Å². The average molecular weight is 97.1 g/mol. The predicted octanol–water partition coefficient (Wildman–Crippen LogP) is 0.0625. The van der Waals surface area contributed by atoms with Gasteiger partial charge in [-0.1, -0.05) is 6.08 Å². The van der Waals surface area contributed by atoms with Crippen LogP contribution in [0.1, 0.15) is 6.42 Å². The van der Waals surface area contributed by atoms with Crippen molar-refractivity contribution in [1.29, 1.82) is 0 Å². The molecule has 0 saturated heterocycles. The highest BCUT2D eigenvalue weighted by molar-refractivity contribution is 5.97. The van der Waals surface area contributed by atoms with Gasteiger partial charge in [-0.05, 0) is 6.42 Å². The quantitative estimate of drug-likeness (QED) is 0.492. The van der Waals surface area contributed by atoms with Gasteiger partial charge >= 0.3 is 0 Å². The maximum Gasteiger partial charge on any atom is 0.246 e. The number of rotatable bonds is 1. The van der Waals surface area contributed by atoms with Gasteiger partial charge in [0.05, 0.1) is 0 Å². The van der Waals surface area contributed by atoms with Crippen molar-refractivity contribution in [1.82, 2.24) is 5.32 Å². The van der Waals surface area contributed by atoms with Crippen molar-refractivity contribution in [2.45, 2.75) is 6.42 Å². The van der Waals surface area contributed by atoms with E-state index in [1.807, 2.05) is 6.08 Å². The van der Waals surface area contributed by atoms with Crippen LogP contribution < -0.4 is 5.32 Å². The first-order valence-corrected chi connectivity index (χ1v) is 2.25. The molecule has 1 aliphatic carbocycles. The highest BCUT2D eigenvalue weighted by Gasteiger charge is 2.13. The van der Waals surface area contributed by atoms with Gasteiger partial charge in [0.2, 0.25) is 5.91 Å². The summed E-state index contributed by atoms with van der Waals surface area (Å²) in [6, 6.07) is 0. The first kappa shape index (κ1) is 4.37. The molecule has 0 aromatic rings. The Morgan fingerprint density at radius 3 is 2.71 bits per heavy atom. The Hall–Kier alpha value is -0.790. The van der Waals surface area contributed by atoms with Crippen LogP contribution in [0.4, 0.5) is 0 Å². The Morgan fingerprint density at radius 2 is 2.57 bits per heavy atom. The third-order valence-electron chi connectivity index (χ3n) is 0.927. The third-order valence-corrected chi connectivity index (χ3v) is 0.927. The number of hydrogen-bond acceptors (Lipinski definition) is 1. The van der Waals surface area contributed by atoms with Crippen molar-refractivity contribution in [3.8, 4) is 0 Å². The van der Waals surface area contributed by atoms with Crippen LogP contribution in [0.15, 0.2) is 11.6 Å². The minimum absolute atomic E-state index is 0.0694. The van der Waals surface area contributed by atoms with Crippen molar-refractivity contribution in [3.05, 3.63) is 11.6 Å². The molecule has 0 unspecified atom stereocenters. The van der Waals surface area contributed by atoms with Gasteiger partial charge in [0.15, 0.2) is 0 Å². The van der Waals surface area contributed by atoms with Crippen LogP contribution in [0.2, 0.25) is 0 Å². The Morgan fingerprint density at radius 1 is 2.00 bits per heavy atom. The summed E-state index contributed by atoms with van der Waals surface area (Å²) < 4.78 is 0. The Balaban J connectivity index is 2.39. The van der Waals surface area contributed by atoms with Gasteiger partial charge in [0, 0.05) is 12.6 Å². The molecule has 2 nitrogen and oxygen atoms in total. The maximum absolute atomic E-state index is 10.4. The Kier molecular flexibility index (Phi) is 0.855. The smallest absolute Gasteiger partial charge is 0.246 e. The molecule has 1 amide bonds. The first-order chi connectivity index (χ1) is 3.34. The predicted molar refractivity (Wildman–Crippen MR) is 26.8 cm³/mol. The van der Waals surface area contributed by atoms with Gasteiger partial charge in [-0.15, -0.1) is 0 Å². The second-order valence-electron chi connectivity index (χ2n) is 1.51. The first-order valence-electron chi connectivity index (χ1n) is 2.25. The van der Waals surface area contributed by atoms with Crippen molar-refractivity contribution >= 4 is 5.91 Å². The maximum atomic E-state index is 10.4. The molecule has 0 spiro atoms. The van der Waals surface area contributed by atoms with E-state index >= 15 is 0 Å². The topological polar surface area (TPSA) is 29.1 Å². The van der Waals surface area contributed by atoms with E-state index in [0.29, 0.717) is 0 Å². The van der Waals surface area contributed by atoms with Gasteiger partial charge in [0.25, 0.3) is 0 Å². The molecule has 0 aromatic heterocycles. The van der Waals surface area contributed by atoms with Crippen LogP contribution >= 0.6 is 0 Å². The molecule has 0 radical (unpaired) electrons. The molecule has 0 heterocycles. The number of allylic oxidation sites excluding steroid dienone is 1. The van der Waals surface area contributed by atoms with E-state index in [4.69, 9.17) is 0 Å². The normalized spacial score (nSPS) is 15.3. The van der Waals surface area contributed by atoms with E-state index in [1.165, 1.54) is 0 Å². The number of nitrogens with one attached hydrogen (secondary N) is 1. The highest BCUT2D eigenvalue weighted by Crippen LogP contribution is 2.16. The minimum atomic E-state index is 0.0694. The van der Waals surface area contributed by atoms with Crippen molar-refractivity contribution < 1.29 is 4.79 Å². The van der Waals surface area contributed by atoms with Crippen LogP contribution in [-0.4, -0.2) is 13.0 Å². The monoisotopic (exact) mass is 97.1 g/mol. The van der Waals surface area contributed by atoms with Crippen molar-refractivity contribution in [2.75, 3.05) is 7.05 Å². The summed E-state index contributed by atoms with van der Waals surface area (Å²) in [6.07, 6.45) is 2.79. The van der Waals surface area contributed by atoms with E-state index in [9.17, 15) is 4.79 Å². The van der Waals surface area contributed by atoms with Gasteiger partial charge in [-0.25, -0.2) is 0 Å². The summed E-state index contributed by atoms with van der Waals surface area (Å²) in [5, 5.41) is 2.52. The molecule has 0 atom stereocenters. The second-order valence-corrected chi connectivity index (χ2v) is 1.51. The lowest BCUT2D eigenvalue weighted by Crippen LogP contribution is -2.15. The summed E-state index contributed by atoms with van der Waals surface area (Å²) >= 11 is 0. The van der Waals surface area contributed by atoms with Crippen LogP contribution in [0.5, 0.6) is 0 Å². The molecule has 1 rings (SSSR count). The van der Waals surface area contributed by atoms with E-state index in [2.05, 4.69) is 5.32 Å². The van der Waals surface area contributed by atoms with E-state index in [0.717, 1.165) is 12.0 Å². The molecule has 1 N–H and O–H groups in total. The molecule has 0 aromatic carbocycles. The molecule has 1 aliphatic rings. The zero-order chi connectivity index (χ0) is 5.28. The van der Waals surface area contributed by atoms with Crippen LogP contribution in [0.3, 0.4) is 0 Å². The van der Waals surface area contributed by atoms with Crippen LogP contribution in [0, 0.1) is 0 Å². The van der Waals surface area contributed by atoms with Crippen LogP contribution in [-0.2, 0) is 4.79 Å². The van der Waals surface area contributed by atoms with Crippen molar-refractivity contribution in [3.63, 3.8) is 0 Å². The molecule has 7 heavy (non-hydrogen) atoms. The van der Waals surface area contributed by atoms with Gasteiger partial charge in [-0.3, -0.25) is 4.79 Å². The molecule has 0 bridgehead atoms. The third kappa shape index (κ3) is 0.796. The largest absolute Gasteiger partial charge is 0.355 e. The second kappa shape index (κ2) is 1.37. The zero-order valence-corrected chi connectivity index (χ0v) is 4.19. The Bertz CT molecular complexity index is 126. The van der Waals surface area contributed by atoms with Crippen LogP contribution in [0.25, 0.3) is 0 Å².